The number of alkyl halides is 6. The molecule has 0 bridgehead atoms. The number of nitrogens with one attached hydrogen (secondary N) is 1. The monoisotopic (exact) mass is 621 g/mol. The zero-order valence-electron chi connectivity index (χ0n) is 23.5. The second-order valence-electron chi connectivity index (χ2n) is 11.2. The fraction of sp³-hybridized carbons (Fsp3) is 0.375. The Morgan fingerprint density at radius 2 is 1.39 bits per heavy atom. The molecule has 12 heteroatoms. The van der Waals surface area contributed by atoms with Crippen LogP contribution in [0.15, 0.2) is 72.8 Å². The Morgan fingerprint density at radius 3 is 2.00 bits per heavy atom. The maximum Gasteiger partial charge on any atom is 0.416 e. The zero-order valence-corrected chi connectivity index (χ0v) is 23.5. The molecule has 2 amide bonds. The van der Waals surface area contributed by atoms with E-state index in [9.17, 15) is 40.3 Å². The summed E-state index contributed by atoms with van der Waals surface area (Å²) in [6.45, 7) is 1.30. The van der Waals surface area contributed by atoms with E-state index in [0.29, 0.717) is 42.8 Å². The van der Waals surface area contributed by atoms with Crippen LogP contribution in [0.3, 0.4) is 0 Å². The van der Waals surface area contributed by atoms with Gasteiger partial charge in [-0.1, -0.05) is 30.3 Å². The van der Waals surface area contributed by atoms with Crippen molar-refractivity contribution in [3.8, 4) is 0 Å². The quantitative estimate of drug-likeness (QED) is 0.321. The predicted molar refractivity (Wildman–Crippen MR) is 148 cm³/mol. The molecule has 1 N–H and O–H groups in total. The molecule has 3 atom stereocenters. The molecule has 0 aliphatic carbocycles. The largest absolute Gasteiger partial charge is 0.416 e. The van der Waals surface area contributed by atoms with Gasteiger partial charge in [0.15, 0.2) is 0 Å². The third-order valence-electron chi connectivity index (χ3n) is 8.29. The van der Waals surface area contributed by atoms with Crippen LogP contribution in [0.1, 0.15) is 62.6 Å². The second kappa shape index (κ2) is 12.6. The van der Waals surface area contributed by atoms with E-state index in [-0.39, 0.29) is 37.1 Å². The molecule has 2 heterocycles. The number of rotatable bonds is 5. The molecule has 0 spiro atoms. The zero-order chi connectivity index (χ0) is 31.6. The van der Waals surface area contributed by atoms with Crippen LogP contribution in [-0.2, 0) is 12.4 Å². The van der Waals surface area contributed by atoms with Gasteiger partial charge in [-0.3, -0.25) is 14.5 Å². The van der Waals surface area contributed by atoms with E-state index in [1.165, 1.54) is 17.0 Å². The van der Waals surface area contributed by atoms with Crippen molar-refractivity contribution in [1.29, 1.82) is 0 Å². The minimum Gasteiger partial charge on any atom is -0.348 e. The molecule has 0 radical (unpaired) electrons. The summed E-state index contributed by atoms with van der Waals surface area (Å²) in [7, 11) is 0. The fourth-order valence-electron chi connectivity index (χ4n) is 6.14. The Bertz CT molecular complexity index is 1440. The number of amides is 2. The molecule has 5 rings (SSSR count). The molecule has 2 saturated heterocycles. The summed E-state index contributed by atoms with van der Waals surface area (Å²) in [4.78, 5) is 29.7. The topological polar surface area (TPSA) is 52.7 Å². The molecule has 234 valence electrons. The number of nitrogens with zero attached hydrogens (tertiary/aromatic N) is 2. The minimum absolute atomic E-state index is 0.00424. The fourth-order valence-corrected chi connectivity index (χ4v) is 6.14. The van der Waals surface area contributed by atoms with Crippen molar-refractivity contribution >= 4 is 11.8 Å². The van der Waals surface area contributed by atoms with Crippen LogP contribution in [0.2, 0.25) is 0 Å². The van der Waals surface area contributed by atoms with E-state index in [1.807, 2.05) is 6.07 Å². The highest BCUT2D eigenvalue weighted by Gasteiger charge is 2.41. The van der Waals surface area contributed by atoms with E-state index >= 15 is 0 Å². The average molecular weight is 622 g/mol. The van der Waals surface area contributed by atoms with E-state index in [1.54, 1.807) is 36.4 Å². The van der Waals surface area contributed by atoms with Crippen LogP contribution in [-0.4, -0.2) is 59.9 Å². The highest BCUT2D eigenvalue weighted by atomic mass is 19.4. The summed E-state index contributed by atoms with van der Waals surface area (Å²) in [6.07, 6.45) is -8.26. The first-order valence-electron chi connectivity index (χ1n) is 14.2. The number of piperidine rings is 2. The third-order valence-corrected chi connectivity index (χ3v) is 8.29. The maximum absolute atomic E-state index is 13.8. The standard InChI is InChI=1S/C32H30F7N3O2/c33-25-10-8-20(9-11-25)27-19-42(30(44)22-15-23(31(34,35)36)17-24(16-22)32(37,38)39)14-12-28(27)41-13-4-7-26(18-41)40-29(43)21-5-2-1-3-6-21/h1-3,5-6,8-11,15-17,26-28H,4,7,12-14,18-19H2,(H,40,43). The number of hydrogen-bond donors (Lipinski definition) is 1. The molecule has 3 aromatic carbocycles. The smallest absolute Gasteiger partial charge is 0.348 e. The van der Waals surface area contributed by atoms with Crippen LogP contribution in [0.25, 0.3) is 0 Å². The SMILES string of the molecule is O=C(NC1CCCN(C2CCN(C(=O)c3cc(C(F)(F)F)cc(C(F)(F)F)c3)CC2c2ccc(F)cc2)C1)c1ccccc1. The van der Waals surface area contributed by atoms with Gasteiger partial charge in [-0.15, -0.1) is 0 Å². The first kappa shape index (κ1) is 31.5. The number of carbonyl (C=O) groups is 2. The molecular formula is C32H30F7N3O2. The van der Waals surface area contributed by atoms with Crippen molar-refractivity contribution in [2.75, 3.05) is 26.2 Å². The van der Waals surface area contributed by atoms with E-state index in [4.69, 9.17) is 0 Å². The summed E-state index contributed by atoms with van der Waals surface area (Å²) in [5.74, 6) is -2.03. The lowest BCUT2D eigenvalue weighted by molar-refractivity contribution is -0.143. The first-order chi connectivity index (χ1) is 20.8. The van der Waals surface area contributed by atoms with Gasteiger partial charge in [0.05, 0.1) is 11.1 Å². The van der Waals surface area contributed by atoms with Gasteiger partial charge in [0.25, 0.3) is 11.8 Å². The van der Waals surface area contributed by atoms with Crippen molar-refractivity contribution in [1.82, 2.24) is 15.1 Å². The highest BCUT2D eigenvalue weighted by Crippen LogP contribution is 2.38. The van der Waals surface area contributed by atoms with Crippen LogP contribution >= 0.6 is 0 Å². The Kier molecular flexibility index (Phi) is 9.01. The molecule has 3 unspecified atom stereocenters. The van der Waals surface area contributed by atoms with Gasteiger partial charge >= 0.3 is 12.4 Å². The van der Waals surface area contributed by atoms with Gasteiger partial charge in [-0.05, 0) is 73.8 Å². The highest BCUT2D eigenvalue weighted by molar-refractivity contribution is 5.95. The lowest BCUT2D eigenvalue weighted by atomic mass is 9.83. The number of benzene rings is 3. The molecule has 2 aliphatic heterocycles. The Hall–Kier alpha value is -3.93. The van der Waals surface area contributed by atoms with Crippen LogP contribution in [0, 0.1) is 5.82 Å². The summed E-state index contributed by atoms with van der Waals surface area (Å²) in [5.41, 5.74) is -2.60. The van der Waals surface area contributed by atoms with Crippen LogP contribution < -0.4 is 5.32 Å². The van der Waals surface area contributed by atoms with Gasteiger partial charge in [0.2, 0.25) is 0 Å². The Morgan fingerprint density at radius 1 is 0.750 bits per heavy atom. The van der Waals surface area contributed by atoms with Gasteiger partial charge in [-0.25, -0.2) is 4.39 Å². The molecule has 0 aromatic heterocycles. The minimum atomic E-state index is -5.08. The van der Waals surface area contributed by atoms with Crippen LogP contribution in [0.5, 0.6) is 0 Å². The maximum atomic E-state index is 13.8. The van der Waals surface area contributed by atoms with Crippen molar-refractivity contribution in [2.45, 2.75) is 49.6 Å². The predicted octanol–water partition coefficient (Wildman–Crippen LogP) is 6.76. The number of likely N-dealkylation sites (tertiary alicyclic amines) is 2. The van der Waals surface area contributed by atoms with E-state index in [0.717, 1.165) is 12.8 Å². The molecule has 0 saturated carbocycles. The van der Waals surface area contributed by atoms with Crippen LogP contribution in [0.4, 0.5) is 30.7 Å². The number of carbonyl (C=O) groups excluding carboxylic acids is 2. The summed E-state index contributed by atoms with van der Waals surface area (Å²) in [5, 5.41) is 3.07. The van der Waals surface area contributed by atoms with Gasteiger partial charge in [0.1, 0.15) is 5.82 Å². The van der Waals surface area contributed by atoms with Crippen molar-refractivity contribution < 1.29 is 40.3 Å². The molecule has 2 fully saturated rings. The normalized spacial score (nSPS) is 21.6. The van der Waals surface area contributed by atoms with Crippen molar-refractivity contribution in [2.24, 2.45) is 0 Å². The average Bonchev–Trinajstić information content (AvgIpc) is 3.00. The Balaban J connectivity index is 1.38. The first-order valence-corrected chi connectivity index (χ1v) is 14.2. The summed E-state index contributed by atoms with van der Waals surface area (Å²) >= 11 is 0. The molecule has 2 aliphatic rings. The van der Waals surface area contributed by atoms with Crippen molar-refractivity contribution in [3.05, 3.63) is 106 Å². The summed E-state index contributed by atoms with van der Waals surface area (Å²) in [6, 6.07) is 15.0. The molecule has 5 nitrogen and oxygen atoms in total. The van der Waals surface area contributed by atoms with Gasteiger partial charge in [0, 0.05) is 48.8 Å². The molecule has 44 heavy (non-hydrogen) atoms. The Labute approximate surface area is 249 Å². The van der Waals surface area contributed by atoms with Crippen molar-refractivity contribution in [3.63, 3.8) is 0 Å². The third kappa shape index (κ3) is 7.23. The van der Waals surface area contributed by atoms with E-state index in [2.05, 4.69) is 10.2 Å². The second-order valence-corrected chi connectivity index (χ2v) is 11.2. The van der Waals surface area contributed by atoms with E-state index < -0.39 is 46.7 Å². The molecular weight excluding hydrogens is 591 g/mol. The number of hydrogen-bond acceptors (Lipinski definition) is 3. The summed E-state index contributed by atoms with van der Waals surface area (Å²) < 4.78 is 94.6. The number of halogens is 7. The molecule has 3 aromatic rings. The van der Waals surface area contributed by atoms with Gasteiger partial charge in [-0.2, -0.15) is 26.3 Å². The lowest BCUT2D eigenvalue weighted by Gasteiger charge is -2.47. The lowest BCUT2D eigenvalue weighted by Crippen LogP contribution is -2.56. The van der Waals surface area contributed by atoms with Gasteiger partial charge < -0.3 is 10.2 Å².